The summed E-state index contributed by atoms with van der Waals surface area (Å²) in [6.45, 7) is 5.24. The van der Waals surface area contributed by atoms with E-state index in [1.165, 1.54) is 12.5 Å². The van der Waals surface area contributed by atoms with Gasteiger partial charge in [0.2, 0.25) is 0 Å². The molecular weight excluding hydrogens is 324 g/mol. The Morgan fingerprint density at radius 2 is 2.28 bits per heavy atom. The van der Waals surface area contributed by atoms with Gasteiger partial charge in [-0.05, 0) is 12.5 Å². The number of carbonyl (C=O) groups is 1. The number of likely N-dealkylation sites (tertiary alicyclic amines) is 1. The Labute approximate surface area is 143 Å². The summed E-state index contributed by atoms with van der Waals surface area (Å²) < 4.78 is 12.0. The third kappa shape index (κ3) is 2.92. The topological polar surface area (TPSA) is 103 Å². The molecule has 0 saturated carbocycles. The van der Waals surface area contributed by atoms with Crippen molar-refractivity contribution in [2.24, 2.45) is 0 Å². The Bertz CT molecular complexity index is 866. The molecule has 0 aliphatic carbocycles. The van der Waals surface area contributed by atoms with Crippen LogP contribution in [0.1, 0.15) is 48.4 Å². The highest BCUT2D eigenvalue weighted by molar-refractivity contribution is 5.94. The lowest BCUT2D eigenvalue weighted by Crippen LogP contribution is -2.28. The van der Waals surface area contributed by atoms with E-state index in [0.717, 1.165) is 6.42 Å². The fourth-order valence-electron chi connectivity index (χ4n) is 2.84. The number of hydrogen-bond donors (Lipinski definition) is 0. The Kier molecular flexibility index (Phi) is 3.83. The van der Waals surface area contributed by atoms with Gasteiger partial charge in [-0.3, -0.25) is 4.79 Å². The Balaban J connectivity index is 1.46. The van der Waals surface area contributed by atoms with Gasteiger partial charge in [-0.2, -0.15) is 4.98 Å². The predicted octanol–water partition coefficient (Wildman–Crippen LogP) is 2.13. The molecule has 1 unspecified atom stereocenters. The van der Waals surface area contributed by atoms with E-state index < -0.39 is 0 Å². The van der Waals surface area contributed by atoms with Crippen molar-refractivity contribution in [3.63, 3.8) is 0 Å². The normalized spacial score (nSPS) is 17.6. The summed E-state index contributed by atoms with van der Waals surface area (Å²) in [7, 11) is 0. The van der Waals surface area contributed by atoms with Crippen LogP contribution < -0.4 is 0 Å². The van der Waals surface area contributed by atoms with Crippen LogP contribution in [-0.2, 0) is 0 Å². The fraction of sp³-hybridized carbons (Fsp3) is 0.438. The van der Waals surface area contributed by atoms with Crippen LogP contribution in [0, 0.1) is 0 Å². The maximum atomic E-state index is 12.4. The van der Waals surface area contributed by atoms with Crippen LogP contribution >= 0.6 is 0 Å². The van der Waals surface area contributed by atoms with E-state index in [2.05, 4.69) is 20.5 Å². The second-order valence-electron chi connectivity index (χ2n) is 6.40. The van der Waals surface area contributed by atoms with Crippen molar-refractivity contribution in [1.82, 2.24) is 30.0 Å². The SMILES string of the molecule is CC(C)c1noc(-c2cn(C3CCN(C(=O)c4ccoc4)C3)nn2)n1. The molecule has 3 aromatic rings. The molecule has 1 saturated heterocycles. The van der Waals surface area contributed by atoms with Crippen molar-refractivity contribution in [1.29, 1.82) is 0 Å². The fourth-order valence-corrected chi connectivity index (χ4v) is 2.84. The summed E-state index contributed by atoms with van der Waals surface area (Å²) in [5, 5.41) is 12.2. The quantitative estimate of drug-likeness (QED) is 0.715. The molecule has 0 bridgehead atoms. The van der Waals surface area contributed by atoms with Gasteiger partial charge < -0.3 is 13.8 Å². The zero-order valence-corrected chi connectivity index (χ0v) is 14.0. The van der Waals surface area contributed by atoms with Crippen LogP contribution in [0.25, 0.3) is 11.6 Å². The lowest BCUT2D eigenvalue weighted by molar-refractivity contribution is 0.0786. The van der Waals surface area contributed by atoms with Crippen molar-refractivity contribution in [3.8, 4) is 11.6 Å². The Hall–Kier alpha value is -2.97. The average Bonchev–Trinajstić information content (AvgIpc) is 3.42. The van der Waals surface area contributed by atoms with Crippen molar-refractivity contribution >= 4 is 5.91 Å². The number of carbonyl (C=O) groups excluding carboxylic acids is 1. The highest BCUT2D eigenvalue weighted by Gasteiger charge is 2.29. The molecule has 1 aliphatic rings. The molecule has 130 valence electrons. The van der Waals surface area contributed by atoms with Gasteiger partial charge in [0, 0.05) is 19.0 Å². The van der Waals surface area contributed by atoms with Gasteiger partial charge in [-0.25, -0.2) is 4.68 Å². The predicted molar refractivity (Wildman–Crippen MR) is 85.7 cm³/mol. The van der Waals surface area contributed by atoms with E-state index in [0.29, 0.717) is 36.1 Å². The summed E-state index contributed by atoms with van der Waals surface area (Å²) in [6, 6.07) is 1.75. The van der Waals surface area contributed by atoms with Crippen LogP contribution in [-0.4, -0.2) is 49.0 Å². The molecule has 1 amide bonds. The molecule has 4 heterocycles. The van der Waals surface area contributed by atoms with E-state index in [1.54, 1.807) is 21.8 Å². The standard InChI is InChI=1S/C16H18N6O3/c1-10(2)14-17-15(25-19-14)13-8-22(20-18-13)12-3-5-21(7-12)16(23)11-4-6-24-9-11/h4,6,8-10,12H,3,5,7H2,1-2H3. The molecule has 0 radical (unpaired) electrons. The van der Waals surface area contributed by atoms with Crippen LogP contribution in [0.2, 0.25) is 0 Å². The van der Waals surface area contributed by atoms with E-state index in [4.69, 9.17) is 8.94 Å². The van der Waals surface area contributed by atoms with Gasteiger partial charge in [-0.15, -0.1) is 5.10 Å². The number of rotatable bonds is 4. The van der Waals surface area contributed by atoms with Gasteiger partial charge in [0.15, 0.2) is 11.5 Å². The lowest BCUT2D eigenvalue weighted by atomic mass is 10.2. The average molecular weight is 342 g/mol. The minimum atomic E-state index is -0.0323. The maximum absolute atomic E-state index is 12.4. The first kappa shape index (κ1) is 15.6. The third-order valence-corrected chi connectivity index (χ3v) is 4.28. The zero-order valence-electron chi connectivity index (χ0n) is 14.0. The molecule has 25 heavy (non-hydrogen) atoms. The number of hydrogen-bond acceptors (Lipinski definition) is 7. The van der Waals surface area contributed by atoms with Crippen molar-refractivity contribution in [2.45, 2.75) is 32.2 Å². The van der Waals surface area contributed by atoms with Crippen LogP contribution in [0.5, 0.6) is 0 Å². The first-order valence-corrected chi connectivity index (χ1v) is 8.19. The van der Waals surface area contributed by atoms with Gasteiger partial charge in [0.25, 0.3) is 11.8 Å². The second-order valence-corrected chi connectivity index (χ2v) is 6.40. The molecule has 0 N–H and O–H groups in total. The molecule has 1 atom stereocenters. The van der Waals surface area contributed by atoms with E-state index in [9.17, 15) is 4.79 Å². The minimum Gasteiger partial charge on any atom is -0.472 e. The largest absolute Gasteiger partial charge is 0.472 e. The monoisotopic (exact) mass is 342 g/mol. The lowest BCUT2D eigenvalue weighted by Gasteiger charge is -2.15. The number of nitrogens with zero attached hydrogens (tertiary/aromatic N) is 6. The molecule has 1 aliphatic heterocycles. The summed E-state index contributed by atoms with van der Waals surface area (Å²) in [6.07, 6.45) is 5.56. The molecule has 0 aromatic carbocycles. The first-order valence-electron chi connectivity index (χ1n) is 8.19. The number of aromatic nitrogens is 5. The molecule has 0 spiro atoms. The van der Waals surface area contributed by atoms with Crippen molar-refractivity contribution in [2.75, 3.05) is 13.1 Å². The molecule has 9 nitrogen and oxygen atoms in total. The first-order chi connectivity index (χ1) is 12.1. The highest BCUT2D eigenvalue weighted by Crippen LogP contribution is 2.24. The molecule has 1 fully saturated rings. The van der Waals surface area contributed by atoms with Crippen molar-refractivity contribution in [3.05, 3.63) is 36.2 Å². The summed E-state index contributed by atoms with van der Waals surface area (Å²) in [5.74, 6) is 1.15. The highest BCUT2D eigenvalue weighted by atomic mass is 16.5. The van der Waals surface area contributed by atoms with E-state index >= 15 is 0 Å². The van der Waals surface area contributed by atoms with Gasteiger partial charge in [-0.1, -0.05) is 24.2 Å². The van der Waals surface area contributed by atoms with Crippen LogP contribution in [0.3, 0.4) is 0 Å². The number of furan rings is 1. The van der Waals surface area contributed by atoms with Crippen LogP contribution in [0.15, 0.2) is 33.7 Å². The summed E-state index contributed by atoms with van der Waals surface area (Å²) in [5.41, 5.74) is 1.10. The zero-order chi connectivity index (χ0) is 17.4. The van der Waals surface area contributed by atoms with Crippen molar-refractivity contribution < 1.29 is 13.7 Å². The van der Waals surface area contributed by atoms with Gasteiger partial charge in [0.05, 0.1) is 24.1 Å². The third-order valence-electron chi connectivity index (χ3n) is 4.28. The second kappa shape index (κ2) is 6.15. The van der Waals surface area contributed by atoms with E-state index in [-0.39, 0.29) is 17.9 Å². The van der Waals surface area contributed by atoms with Crippen LogP contribution in [0.4, 0.5) is 0 Å². The summed E-state index contributed by atoms with van der Waals surface area (Å²) in [4.78, 5) is 18.5. The minimum absolute atomic E-state index is 0.0323. The van der Waals surface area contributed by atoms with Gasteiger partial charge in [0.1, 0.15) is 6.26 Å². The molecule has 3 aromatic heterocycles. The molecule has 9 heteroatoms. The Morgan fingerprint density at radius 3 is 3.00 bits per heavy atom. The maximum Gasteiger partial charge on any atom is 0.280 e. The van der Waals surface area contributed by atoms with Gasteiger partial charge >= 0.3 is 0 Å². The Morgan fingerprint density at radius 1 is 1.40 bits per heavy atom. The summed E-state index contributed by atoms with van der Waals surface area (Å²) >= 11 is 0. The molecule has 4 rings (SSSR count). The smallest absolute Gasteiger partial charge is 0.280 e. The van der Waals surface area contributed by atoms with E-state index in [1.807, 2.05) is 13.8 Å². The molecular formula is C16H18N6O3. The number of amides is 1.